The average Bonchev–Trinajstić information content (AvgIpc) is 2.39. The number of carbonyl (C=O) groups is 1. The van der Waals surface area contributed by atoms with E-state index in [1.54, 1.807) is 4.90 Å². The van der Waals surface area contributed by atoms with Gasteiger partial charge in [0, 0.05) is 45.2 Å². The second kappa shape index (κ2) is 8.86. The van der Waals surface area contributed by atoms with Crippen molar-refractivity contribution in [3.63, 3.8) is 0 Å². The molecule has 0 aromatic rings. The molecule has 108 valence electrons. The predicted molar refractivity (Wildman–Crippen MR) is 72.3 cm³/mol. The van der Waals surface area contributed by atoms with Crippen LogP contribution in [0.1, 0.15) is 19.8 Å². The summed E-state index contributed by atoms with van der Waals surface area (Å²) in [6, 6.07) is 1.95. The van der Waals surface area contributed by atoms with Gasteiger partial charge in [0.05, 0.1) is 25.7 Å². The zero-order valence-corrected chi connectivity index (χ0v) is 11.7. The van der Waals surface area contributed by atoms with Crippen molar-refractivity contribution in [1.82, 2.24) is 9.80 Å². The van der Waals surface area contributed by atoms with E-state index in [0.717, 1.165) is 32.8 Å². The molecule has 0 saturated carbocycles. The fraction of sp³-hybridized carbons (Fsp3) is 0.846. The highest BCUT2D eigenvalue weighted by atomic mass is 16.5. The van der Waals surface area contributed by atoms with Crippen LogP contribution in [0.25, 0.3) is 0 Å². The number of nitriles is 1. The van der Waals surface area contributed by atoms with Gasteiger partial charge in [0.2, 0.25) is 5.91 Å². The number of amides is 1. The second-order valence-corrected chi connectivity index (χ2v) is 4.92. The predicted octanol–water partition coefficient (Wildman–Crippen LogP) is -0.202. The molecule has 1 atom stereocenters. The molecule has 1 aliphatic rings. The minimum atomic E-state index is -0.138. The number of hydrogen-bond donors (Lipinski definition) is 1. The smallest absolute Gasteiger partial charge is 0.224 e. The minimum absolute atomic E-state index is 0.0403. The van der Waals surface area contributed by atoms with Crippen LogP contribution < -0.4 is 5.73 Å². The Hall–Kier alpha value is -1.16. The third kappa shape index (κ3) is 6.53. The van der Waals surface area contributed by atoms with Crippen molar-refractivity contribution >= 4 is 5.91 Å². The zero-order chi connectivity index (χ0) is 14.1. The first-order chi connectivity index (χ1) is 9.13. The van der Waals surface area contributed by atoms with Crippen LogP contribution in [0.15, 0.2) is 0 Å². The standard InChI is InChI=1S/C13H24N4O2/c1-12(15)11-13(18)17(4-2-3-14)6-5-16-7-9-19-10-8-16/h12H,2,4-11,15H2,1H3. The Labute approximate surface area is 115 Å². The van der Waals surface area contributed by atoms with Gasteiger partial charge >= 0.3 is 0 Å². The van der Waals surface area contributed by atoms with Crippen molar-refractivity contribution in [2.75, 3.05) is 45.9 Å². The molecule has 0 aliphatic carbocycles. The van der Waals surface area contributed by atoms with Crippen LogP contribution in [0, 0.1) is 11.3 Å². The van der Waals surface area contributed by atoms with Crippen LogP contribution in [0.3, 0.4) is 0 Å². The van der Waals surface area contributed by atoms with Crippen LogP contribution in [-0.2, 0) is 9.53 Å². The van der Waals surface area contributed by atoms with Crippen LogP contribution in [-0.4, -0.2) is 67.7 Å². The van der Waals surface area contributed by atoms with Crippen molar-refractivity contribution in [3.8, 4) is 6.07 Å². The Kier molecular flexibility index (Phi) is 7.41. The quantitative estimate of drug-likeness (QED) is 0.691. The third-order valence-electron chi connectivity index (χ3n) is 3.13. The number of morpholine rings is 1. The number of ether oxygens (including phenoxy) is 1. The molecule has 2 N–H and O–H groups in total. The molecule has 0 aromatic heterocycles. The summed E-state index contributed by atoms with van der Waals surface area (Å²) in [6.07, 6.45) is 0.711. The molecule has 0 spiro atoms. The SMILES string of the molecule is CC(N)CC(=O)N(CCC#N)CCN1CCOCC1. The molecule has 19 heavy (non-hydrogen) atoms. The topological polar surface area (TPSA) is 82.6 Å². The van der Waals surface area contributed by atoms with Gasteiger partial charge < -0.3 is 15.4 Å². The summed E-state index contributed by atoms with van der Waals surface area (Å²) >= 11 is 0. The van der Waals surface area contributed by atoms with Gasteiger partial charge in [0.25, 0.3) is 0 Å². The zero-order valence-electron chi connectivity index (χ0n) is 11.7. The lowest BCUT2D eigenvalue weighted by Crippen LogP contribution is -2.44. The minimum Gasteiger partial charge on any atom is -0.379 e. The van der Waals surface area contributed by atoms with Gasteiger partial charge in [-0.1, -0.05) is 0 Å². The number of nitrogens with zero attached hydrogens (tertiary/aromatic N) is 3. The van der Waals surface area contributed by atoms with Crippen LogP contribution >= 0.6 is 0 Å². The van der Waals surface area contributed by atoms with Crippen molar-refractivity contribution in [1.29, 1.82) is 5.26 Å². The van der Waals surface area contributed by atoms with Gasteiger partial charge in [-0.15, -0.1) is 0 Å². The van der Waals surface area contributed by atoms with E-state index in [1.165, 1.54) is 0 Å². The average molecular weight is 268 g/mol. The Morgan fingerprint density at radius 1 is 1.47 bits per heavy atom. The number of carbonyl (C=O) groups excluding carboxylic acids is 1. The summed E-state index contributed by atoms with van der Waals surface area (Å²) in [5.41, 5.74) is 5.66. The molecule has 1 saturated heterocycles. The molecule has 0 radical (unpaired) electrons. The largest absolute Gasteiger partial charge is 0.379 e. The maximum Gasteiger partial charge on any atom is 0.224 e. The maximum absolute atomic E-state index is 12.0. The number of hydrogen-bond acceptors (Lipinski definition) is 5. The van der Waals surface area contributed by atoms with E-state index in [2.05, 4.69) is 11.0 Å². The molecule has 1 heterocycles. The fourth-order valence-corrected chi connectivity index (χ4v) is 2.04. The molecule has 1 rings (SSSR count). The highest BCUT2D eigenvalue weighted by molar-refractivity contribution is 5.76. The Morgan fingerprint density at radius 3 is 2.74 bits per heavy atom. The molecule has 1 fully saturated rings. The van der Waals surface area contributed by atoms with E-state index in [-0.39, 0.29) is 11.9 Å². The van der Waals surface area contributed by atoms with E-state index in [9.17, 15) is 4.79 Å². The van der Waals surface area contributed by atoms with Gasteiger partial charge in [0.1, 0.15) is 0 Å². The fourth-order valence-electron chi connectivity index (χ4n) is 2.04. The summed E-state index contributed by atoms with van der Waals surface area (Å²) < 4.78 is 5.29. The maximum atomic E-state index is 12.0. The Balaban J connectivity index is 2.39. The van der Waals surface area contributed by atoms with Gasteiger partial charge in [-0.2, -0.15) is 5.26 Å². The monoisotopic (exact) mass is 268 g/mol. The van der Waals surface area contributed by atoms with Crippen molar-refractivity contribution in [2.45, 2.75) is 25.8 Å². The first kappa shape index (κ1) is 15.9. The molecule has 1 unspecified atom stereocenters. The molecule has 0 bridgehead atoms. The van der Waals surface area contributed by atoms with Crippen LogP contribution in [0.5, 0.6) is 0 Å². The highest BCUT2D eigenvalue weighted by Gasteiger charge is 2.17. The normalized spacial score (nSPS) is 17.7. The third-order valence-corrected chi connectivity index (χ3v) is 3.13. The summed E-state index contributed by atoms with van der Waals surface area (Å²) in [5.74, 6) is 0.0403. The van der Waals surface area contributed by atoms with Crippen LogP contribution in [0.4, 0.5) is 0 Å². The van der Waals surface area contributed by atoms with E-state index in [0.29, 0.717) is 25.9 Å². The van der Waals surface area contributed by atoms with Crippen LogP contribution in [0.2, 0.25) is 0 Å². The summed E-state index contributed by atoms with van der Waals surface area (Å²) in [6.45, 7) is 7.14. The Bertz CT molecular complexity index is 308. The summed E-state index contributed by atoms with van der Waals surface area (Å²) in [5, 5.41) is 8.66. The number of rotatable bonds is 7. The molecule has 6 heteroatoms. The first-order valence-corrected chi connectivity index (χ1v) is 6.84. The highest BCUT2D eigenvalue weighted by Crippen LogP contribution is 2.02. The van der Waals surface area contributed by atoms with Crippen molar-refractivity contribution in [3.05, 3.63) is 0 Å². The molecular formula is C13H24N4O2. The van der Waals surface area contributed by atoms with E-state index in [4.69, 9.17) is 15.7 Å². The van der Waals surface area contributed by atoms with Crippen molar-refractivity contribution < 1.29 is 9.53 Å². The van der Waals surface area contributed by atoms with Gasteiger partial charge in [0.15, 0.2) is 0 Å². The van der Waals surface area contributed by atoms with E-state index >= 15 is 0 Å². The lowest BCUT2D eigenvalue weighted by Gasteiger charge is -2.30. The molecule has 1 aliphatic heterocycles. The molecule has 6 nitrogen and oxygen atoms in total. The van der Waals surface area contributed by atoms with E-state index in [1.807, 2.05) is 6.92 Å². The Morgan fingerprint density at radius 2 is 2.16 bits per heavy atom. The van der Waals surface area contributed by atoms with Gasteiger partial charge in [-0.25, -0.2) is 0 Å². The van der Waals surface area contributed by atoms with E-state index < -0.39 is 0 Å². The van der Waals surface area contributed by atoms with Crippen molar-refractivity contribution in [2.24, 2.45) is 5.73 Å². The number of nitrogens with two attached hydrogens (primary N) is 1. The second-order valence-electron chi connectivity index (χ2n) is 4.92. The molecule has 0 aromatic carbocycles. The first-order valence-electron chi connectivity index (χ1n) is 6.84. The lowest BCUT2D eigenvalue weighted by molar-refractivity contribution is -0.131. The summed E-state index contributed by atoms with van der Waals surface area (Å²) in [4.78, 5) is 16.1. The summed E-state index contributed by atoms with van der Waals surface area (Å²) in [7, 11) is 0. The molecular weight excluding hydrogens is 244 g/mol. The lowest BCUT2D eigenvalue weighted by atomic mass is 10.2. The van der Waals surface area contributed by atoms with Gasteiger partial charge in [-0.05, 0) is 6.92 Å². The van der Waals surface area contributed by atoms with Gasteiger partial charge in [-0.3, -0.25) is 9.69 Å². The molecule has 1 amide bonds.